The Hall–Kier alpha value is -1.73. The lowest BCUT2D eigenvalue weighted by molar-refractivity contribution is -0.136. The molecule has 1 saturated heterocycles. The lowest BCUT2D eigenvalue weighted by Gasteiger charge is -2.37. The third-order valence-electron chi connectivity index (χ3n) is 6.38. The van der Waals surface area contributed by atoms with Crippen LogP contribution in [0, 0.1) is 13.8 Å². The van der Waals surface area contributed by atoms with Gasteiger partial charge in [-0.25, -0.2) is 4.98 Å². The fourth-order valence-corrected chi connectivity index (χ4v) is 5.94. The maximum absolute atomic E-state index is 13.6. The van der Waals surface area contributed by atoms with Crippen LogP contribution in [0.5, 0.6) is 0 Å². The molecule has 172 valence electrons. The van der Waals surface area contributed by atoms with Crippen LogP contribution in [0.25, 0.3) is 10.2 Å². The average Bonchev–Trinajstić information content (AvgIpc) is 2.95. The van der Waals surface area contributed by atoms with Crippen molar-refractivity contribution in [2.45, 2.75) is 92.3 Å². The smallest absolute Gasteiger partial charge is 0.262 e. The number of aryl methyl sites for hydroxylation is 2. The van der Waals surface area contributed by atoms with Crippen LogP contribution in [0.2, 0.25) is 0 Å². The number of carbonyl (C=O) groups is 1. The number of piperidine rings is 1. The number of likely N-dealkylation sites (tertiary alicyclic amines) is 1. The van der Waals surface area contributed by atoms with Crippen LogP contribution in [0.1, 0.15) is 82.6 Å². The predicted octanol–water partition coefficient (Wildman–Crippen LogP) is 4.48. The largest absolute Gasteiger partial charge is 0.337 e. The van der Waals surface area contributed by atoms with E-state index in [2.05, 4.69) is 53.4 Å². The van der Waals surface area contributed by atoms with Crippen molar-refractivity contribution >= 4 is 27.5 Å². The lowest BCUT2D eigenvalue weighted by atomic mass is 10.0. The van der Waals surface area contributed by atoms with Crippen molar-refractivity contribution in [1.82, 2.24) is 19.4 Å². The molecule has 6 nitrogen and oxygen atoms in total. The molecular formula is C24H38N4O2S. The minimum absolute atomic E-state index is 0.0505. The summed E-state index contributed by atoms with van der Waals surface area (Å²) in [5, 5.41) is 0.769. The third-order valence-corrected chi connectivity index (χ3v) is 7.49. The summed E-state index contributed by atoms with van der Waals surface area (Å²) in [4.78, 5) is 37.8. The zero-order valence-corrected chi connectivity index (χ0v) is 21.2. The summed E-state index contributed by atoms with van der Waals surface area (Å²) in [5.41, 5.74) is 1.13. The van der Waals surface area contributed by atoms with Crippen molar-refractivity contribution in [3.05, 3.63) is 26.6 Å². The van der Waals surface area contributed by atoms with Gasteiger partial charge in [0.25, 0.3) is 5.56 Å². The second-order valence-corrected chi connectivity index (χ2v) is 11.0. The highest BCUT2D eigenvalue weighted by Crippen LogP contribution is 2.30. The van der Waals surface area contributed by atoms with E-state index in [-0.39, 0.29) is 35.5 Å². The van der Waals surface area contributed by atoms with Crippen LogP contribution in [0.3, 0.4) is 0 Å². The Balaban J connectivity index is 1.93. The number of thiophene rings is 1. The zero-order chi connectivity index (χ0) is 23.0. The van der Waals surface area contributed by atoms with Crippen LogP contribution in [0.4, 0.5) is 0 Å². The Bertz CT molecular complexity index is 997. The molecule has 31 heavy (non-hydrogen) atoms. The molecule has 3 heterocycles. The van der Waals surface area contributed by atoms with Gasteiger partial charge in [0.05, 0.1) is 18.0 Å². The fraction of sp³-hybridized carbons (Fsp3) is 0.708. The summed E-state index contributed by atoms with van der Waals surface area (Å²) in [6.07, 6.45) is 1.92. The van der Waals surface area contributed by atoms with Gasteiger partial charge in [-0.2, -0.15) is 0 Å². The number of fused-ring (bicyclic) bond motifs is 1. The van der Waals surface area contributed by atoms with Crippen molar-refractivity contribution < 1.29 is 4.79 Å². The molecule has 7 heteroatoms. The van der Waals surface area contributed by atoms with E-state index in [9.17, 15) is 9.59 Å². The number of hydrogen-bond acceptors (Lipinski definition) is 5. The molecule has 0 unspecified atom stereocenters. The number of rotatable bonds is 6. The Labute approximate surface area is 190 Å². The molecule has 0 spiro atoms. The minimum Gasteiger partial charge on any atom is -0.337 e. The number of carbonyl (C=O) groups excluding carboxylic acids is 1. The number of amides is 1. The van der Waals surface area contributed by atoms with E-state index in [1.54, 1.807) is 11.3 Å². The summed E-state index contributed by atoms with van der Waals surface area (Å²) in [7, 11) is 0. The van der Waals surface area contributed by atoms with Crippen molar-refractivity contribution in [2.24, 2.45) is 0 Å². The molecule has 3 rings (SSSR count). The second kappa shape index (κ2) is 9.41. The zero-order valence-electron chi connectivity index (χ0n) is 20.4. The molecule has 2 aromatic rings. The van der Waals surface area contributed by atoms with Crippen LogP contribution in [0.15, 0.2) is 4.79 Å². The second-order valence-electron chi connectivity index (χ2n) is 9.78. The molecule has 1 aliphatic rings. The molecule has 0 bridgehead atoms. The molecule has 1 fully saturated rings. The van der Waals surface area contributed by atoms with Gasteiger partial charge in [-0.3, -0.25) is 19.1 Å². The van der Waals surface area contributed by atoms with E-state index >= 15 is 0 Å². The summed E-state index contributed by atoms with van der Waals surface area (Å²) in [6, 6.07) is 0.411. The molecular weight excluding hydrogens is 408 g/mol. The maximum Gasteiger partial charge on any atom is 0.262 e. The number of hydrogen-bond donors (Lipinski definition) is 0. The van der Waals surface area contributed by atoms with Gasteiger partial charge < -0.3 is 4.90 Å². The van der Waals surface area contributed by atoms with Crippen molar-refractivity contribution in [3.63, 3.8) is 0 Å². The van der Waals surface area contributed by atoms with E-state index in [1.165, 1.54) is 0 Å². The van der Waals surface area contributed by atoms with Gasteiger partial charge >= 0.3 is 0 Å². The molecule has 0 aliphatic carbocycles. The van der Waals surface area contributed by atoms with Gasteiger partial charge in [-0.1, -0.05) is 13.8 Å². The van der Waals surface area contributed by atoms with Gasteiger partial charge in [-0.15, -0.1) is 11.3 Å². The van der Waals surface area contributed by atoms with Crippen LogP contribution in [-0.2, 0) is 4.79 Å². The van der Waals surface area contributed by atoms with E-state index in [1.807, 2.05) is 16.4 Å². The lowest BCUT2D eigenvalue weighted by Crippen LogP contribution is -2.49. The van der Waals surface area contributed by atoms with Crippen molar-refractivity contribution in [3.8, 4) is 0 Å². The highest BCUT2D eigenvalue weighted by atomic mass is 32.1. The quantitative estimate of drug-likeness (QED) is 0.656. The van der Waals surface area contributed by atoms with Gasteiger partial charge in [0.1, 0.15) is 10.7 Å². The molecule has 0 radical (unpaired) electrons. The first kappa shape index (κ1) is 23.9. The van der Waals surface area contributed by atoms with Gasteiger partial charge in [-0.05, 0) is 66.5 Å². The van der Waals surface area contributed by atoms with Crippen molar-refractivity contribution in [2.75, 3.05) is 19.6 Å². The van der Waals surface area contributed by atoms with Gasteiger partial charge in [0, 0.05) is 29.4 Å². The van der Waals surface area contributed by atoms with Crippen molar-refractivity contribution in [1.29, 1.82) is 0 Å². The van der Waals surface area contributed by atoms with Crippen LogP contribution in [-0.4, -0.2) is 57.0 Å². The topological polar surface area (TPSA) is 58.4 Å². The monoisotopic (exact) mass is 446 g/mol. The number of aromatic nitrogens is 2. The normalized spacial score (nSPS) is 18.0. The van der Waals surface area contributed by atoms with Gasteiger partial charge in [0.2, 0.25) is 5.91 Å². The Morgan fingerprint density at radius 2 is 1.81 bits per heavy atom. The SMILES string of the molecule is Cc1sc2nc(C(C)C)n([C@H]3CCCN(CC(=O)N(C(C)C)C(C)C)C3)c(=O)c2c1C. The Kier molecular flexibility index (Phi) is 7.26. The Morgan fingerprint density at radius 3 is 2.39 bits per heavy atom. The van der Waals surface area contributed by atoms with E-state index in [0.29, 0.717) is 13.1 Å². The molecule has 1 amide bonds. The maximum atomic E-state index is 13.6. The third kappa shape index (κ3) is 4.72. The highest BCUT2D eigenvalue weighted by molar-refractivity contribution is 7.18. The van der Waals surface area contributed by atoms with Crippen LogP contribution < -0.4 is 5.56 Å². The molecule has 0 N–H and O–H groups in total. The minimum atomic E-state index is 0.0505. The van der Waals surface area contributed by atoms with E-state index in [4.69, 9.17) is 4.98 Å². The summed E-state index contributed by atoms with van der Waals surface area (Å²) >= 11 is 1.61. The molecule has 1 aliphatic heterocycles. The first-order valence-electron chi connectivity index (χ1n) is 11.6. The fourth-order valence-electron chi connectivity index (χ4n) is 4.91. The molecule has 2 aromatic heterocycles. The standard InChI is InChI=1S/C24H38N4O2S/c1-14(2)22-25-23-21(17(7)18(8)31-23)24(30)28(22)19-10-9-11-26(12-19)13-20(29)27(15(3)4)16(5)6/h14-16,19H,9-13H2,1-8H3/t19-/m0/s1. The van der Waals surface area contributed by atoms with Gasteiger partial charge in [0.15, 0.2) is 0 Å². The molecule has 0 saturated carbocycles. The summed E-state index contributed by atoms with van der Waals surface area (Å²) in [6.45, 7) is 18.6. The first-order valence-corrected chi connectivity index (χ1v) is 12.4. The summed E-state index contributed by atoms with van der Waals surface area (Å²) in [5.74, 6) is 1.19. The average molecular weight is 447 g/mol. The highest BCUT2D eigenvalue weighted by Gasteiger charge is 2.30. The first-order chi connectivity index (χ1) is 14.5. The van der Waals surface area contributed by atoms with Crippen LogP contribution >= 0.6 is 11.3 Å². The molecule has 1 atom stereocenters. The molecule has 0 aromatic carbocycles. The summed E-state index contributed by atoms with van der Waals surface area (Å²) < 4.78 is 1.95. The Morgan fingerprint density at radius 1 is 1.16 bits per heavy atom. The van der Waals surface area contributed by atoms with E-state index in [0.717, 1.165) is 45.9 Å². The number of nitrogens with zero attached hydrogens (tertiary/aromatic N) is 4. The predicted molar refractivity (Wildman–Crippen MR) is 129 cm³/mol. The van der Waals surface area contributed by atoms with E-state index < -0.39 is 0 Å².